The number of hydrogen-bond acceptors (Lipinski definition) is 3. The highest BCUT2D eigenvalue weighted by atomic mass is 16.5. The summed E-state index contributed by atoms with van der Waals surface area (Å²) in [6, 6.07) is 8.58. The third-order valence-electron chi connectivity index (χ3n) is 3.34. The Bertz CT molecular complexity index is 333. The summed E-state index contributed by atoms with van der Waals surface area (Å²) in [7, 11) is 0. The summed E-state index contributed by atoms with van der Waals surface area (Å²) in [5, 5.41) is 3.50. The quantitative estimate of drug-likeness (QED) is 0.742. The van der Waals surface area contributed by atoms with Gasteiger partial charge < -0.3 is 15.0 Å². The highest BCUT2D eigenvalue weighted by molar-refractivity contribution is 5.26. The minimum Gasteiger partial charge on any atom is -0.492 e. The van der Waals surface area contributed by atoms with Crippen molar-refractivity contribution in [2.24, 2.45) is 0 Å². The molecule has 0 aromatic heterocycles. The molecule has 0 bridgehead atoms. The summed E-state index contributed by atoms with van der Waals surface area (Å²) in [6.07, 6.45) is 0. The number of benzene rings is 1. The topological polar surface area (TPSA) is 24.5 Å². The Balaban J connectivity index is 2.17. The maximum atomic E-state index is 5.76. The van der Waals surface area contributed by atoms with E-state index in [1.54, 1.807) is 0 Å². The zero-order valence-electron chi connectivity index (χ0n) is 12.8. The lowest BCUT2D eigenvalue weighted by molar-refractivity contribution is 0.256. The van der Waals surface area contributed by atoms with Crippen LogP contribution in [-0.4, -0.2) is 43.7 Å². The van der Waals surface area contributed by atoms with E-state index in [4.69, 9.17) is 4.74 Å². The number of likely N-dealkylation sites (N-methyl/N-ethyl adjacent to an activating group) is 1. The van der Waals surface area contributed by atoms with Crippen LogP contribution in [-0.2, 0) is 0 Å². The van der Waals surface area contributed by atoms with E-state index in [0.717, 1.165) is 31.9 Å². The largest absolute Gasteiger partial charge is 0.492 e. The van der Waals surface area contributed by atoms with E-state index in [-0.39, 0.29) is 0 Å². The predicted octanol–water partition coefficient (Wildman–Crippen LogP) is 2.69. The summed E-state index contributed by atoms with van der Waals surface area (Å²) >= 11 is 0. The van der Waals surface area contributed by atoms with E-state index in [1.807, 2.05) is 12.1 Å². The van der Waals surface area contributed by atoms with Crippen LogP contribution in [0.5, 0.6) is 5.75 Å². The molecular weight excluding hydrogens is 236 g/mol. The Morgan fingerprint density at radius 2 is 1.79 bits per heavy atom. The number of nitrogens with zero attached hydrogens (tertiary/aromatic N) is 1. The van der Waals surface area contributed by atoms with Gasteiger partial charge in [-0.3, -0.25) is 0 Å². The van der Waals surface area contributed by atoms with Gasteiger partial charge in [0.25, 0.3) is 0 Å². The zero-order chi connectivity index (χ0) is 14.1. The molecule has 0 fully saturated rings. The van der Waals surface area contributed by atoms with E-state index in [1.165, 1.54) is 5.56 Å². The molecule has 0 amide bonds. The van der Waals surface area contributed by atoms with Gasteiger partial charge in [-0.25, -0.2) is 0 Å². The number of hydrogen-bond donors (Lipinski definition) is 1. The third-order valence-corrected chi connectivity index (χ3v) is 3.34. The molecule has 0 saturated heterocycles. The first-order valence-electron chi connectivity index (χ1n) is 7.30. The lowest BCUT2D eigenvalue weighted by Gasteiger charge is -2.20. The number of nitrogens with one attached hydrogen (secondary N) is 1. The monoisotopic (exact) mass is 264 g/mol. The minimum atomic E-state index is 0.372. The zero-order valence-corrected chi connectivity index (χ0v) is 12.8. The third kappa shape index (κ3) is 6.60. The van der Waals surface area contributed by atoms with Crippen molar-refractivity contribution in [2.75, 3.05) is 32.8 Å². The van der Waals surface area contributed by atoms with Crippen LogP contribution >= 0.6 is 0 Å². The van der Waals surface area contributed by atoms with Crippen LogP contribution in [0, 0.1) is 6.92 Å². The highest BCUT2D eigenvalue weighted by Crippen LogP contribution is 2.11. The highest BCUT2D eigenvalue weighted by Gasteiger charge is 2.04. The van der Waals surface area contributed by atoms with Crippen molar-refractivity contribution in [1.29, 1.82) is 0 Å². The molecule has 19 heavy (non-hydrogen) atoms. The molecule has 1 atom stereocenters. The molecule has 1 aromatic rings. The summed E-state index contributed by atoms with van der Waals surface area (Å²) in [6.45, 7) is 13.7. The van der Waals surface area contributed by atoms with Crippen molar-refractivity contribution < 1.29 is 4.74 Å². The summed E-state index contributed by atoms with van der Waals surface area (Å²) in [4.78, 5) is 2.42. The Kier molecular flexibility index (Phi) is 7.53. The molecule has 1 N–H and O–H groups in total. The Morgan fingerprint density at radius 3 is 2.37 bits per heavy atom. The fourth-order valence-corrected chi connectivity index (χ4v) is 1.92. The molecule has 0 radical (unpaired) electrons. The van der Waals surface area contributed by atoms with Gasteiger partial charge in [0, 0.05) is 19.1 Å². The van der Waals surface area contributed by atoms with Crippen molar-refractivity contribution >= 4 is 0 Å². The van der Waals surface area contributed by atoms with E-state index in [2.05, 4.69) is 50.0 Å². The lowest BCUT2D eigenvalue weighted by atomic mass is 10.2. The maximum absolute atomic E-state index is 5.76. The van der Waals surface area contributed by atoms with Gasteiger partial charge in [-0.15, -0.1) is 0 Å². The molecule has 1 rings (SSSR count). The van der Waals surface area contributed by atoms with Gasteiger partial charge in [-0.2, -0.15) is 0 Å². The van der Waals surface area contributed by atoms with Crippen LogP contribution in [0.1, 0.15) is 26.3 Å². The summed E-state index contributed by atoms with van der Waals surface area (Å²) in [5.74, 6) is 0.947. The first-order valence-corrected chi connectivity index (χ1v) is 7.30. The predicted molar refractivity (Wildman–Crippen MR) is 81.9 cm³/mol. The van der Waals surface area contributed by atoms with Crippen molar-refractivity contribution in [3.63, 3.8) is 0 Å². The number of aryl methyl sites for hydroxylation is 1. The van der Waals surface area contributed by atoms with Gasteiger partial charge in [0.05, 0.1) is 0 Å². The first kappa shape index (κ1) is 16.0. The second-order valence-electron chi connectivity index (χ2n) is 5.01. The standard InChI is InChI=1S/C16H28N2O/c1-5-18(6-2)12-11-17-15(4)13-19-16-9-7-14(3)8-10-16/h7-10,15,17H,5-6,11-13H2,1-4H3. The molecule has 108 valence electrons. The van der Waals surface area contributed by atoms with Crippen LogP contribution in [0.25, 0.3) is 0 Å². The van der Waals surface area contributed by atoms with Gasteiger partial charge in [0.2, 0.25) is 0 Å². The Hall–Kier alpha value is -1.06. The van der Waals surface area contributed by atoms with Gasteiger partial charge in [-0.05, 0) is 39.1 Å². The van der Waals surface area contributed by atoms with Crippen LogP contribution in [0.2, 0.25) is 0 Å². The molecule has 3 heteroatoms. The van der Waals surface area contributed by atoms with Crippen molar-refractivity contribution in [1.82, 2.24) is 10.2 Å². The summed E-state index contributed by atoms with van der Waals surface area (Å²) in [5.41, 5.74) is 1.26. The van der Waals surface area contributed by atoms with E-state index in [0.29, 0.717) is 12.6 Å². The van der Waals surface area contributed by atoms with Crippen molar-refractivity contribution in [2.45, 2.75) is 33.7 Å². The average molecular weight is 264 g/mol. The maximum Gasteiger partial charge on any atom is 0.119 e. The smallest absolute Gasteiger partial charge is 0.119 e. The van der Waals surface area contributed by atoms with E-state index < -0.39 is 0 Å². The van der Waals surface area contributed by atoms with Gasteiger partial charge in [0.1, 0.15) is 12.4 Å². The minimum absolute atomic E-state index is 0.372. The van der Waals surface area contributed by atoms with Gasteiger partial charge in [0.15, 0.2) is 0 Å². The Morgan fingerprint density at radius 1 is 1.16 bits per heavy atom. The number of rotatable bonds is 9. The van der Waals surface area contributed by atoms with Crippen LogP contribution in [0.15, 0.2) is 24.3 Å². The van der Waals surface area contributed by atoms with Crippen molar-refractivity contribution in [3.05, 3.63) is 29.8 Å². The second-order valence-corrected chi connectivity index (χ2v) is 5.01. The average Bonchev–Trinajstić information content (AvgIpc) is 2.43. The first-order chi connectivity index (χ1) is 9.15. The second kappa shape index (κ2) is 8.94. The number of ether oxygens (including phenoxy) is 1. The molecule has 0 aliphatic carbocycles. The van der Waals surface area contributed by atoms with Crippen molar-refractivity contribution in [3.8, 4) is 5.75 Å². The summed E-state index contributed by atoms with van der Waals surface area (Å²) < 4.78 is 5.76. The van der Waals surface area contributed by atoms with Gasteiger partial charge in [-0.1, -0.05) is 31.5 Å². The fraction of sp³-hybridized carbons (Fsp3) is 0.625. The van der Waals surface area contributed by atoms with Gasteiger partial charge >= 0.3 is 0 Å². The normalized spacial score (nSPS) is 12.7. The molecule has 3 nitrogen and oxygen atoms in total. The van der Waals surface area contributed by atoms with Crippen LogP contribution < -0.4 is 10.1 Å². The van der Waals surface area contributed by atoms with E-state index in [9.17, 15) is 0 Å². The van der Waals surface area contributed by atoms with Crippen LogP contribution in [0.3, 0.4) is 0 Å². The molecule has 1 aromatic carbocycles. The van der Waals surface area contributed by atoms with Crippen LogP contribution in [0.4, 0.5) is 0 Å². The lowest BCUT2D eigenvalue weighted by Crippen LogP contribution is -2.38. The van der Waals surface area contributed by atoms with E-state index >= 15 is 0 Å². The SMILES string of the molecule is CCN(CC)CCNC(C)COc1ccc(C)cc1. The Labute approximate surface area is 118 Å². The molecular formula is C16H28N2O. The fourth-order valence-electron chi connectivity index (χ4n) is 1.92. The molecule has 0 saturated carbocycles. The molecule has 0 spiro atoms. The molecule has 0 aliphatic rings. The molecule has 1 unspecified atom stereocenters. The molecule has 0 aliphatic heterocycles. The molecule has 0 heterocycles.